The zero-order valence-electron chi connectivity index (χ0n) is 14.8. The Morgan fingerprint density at radius 3 is 2.22 bits per heavy atom. The Balaban J connectivity index is 2.04. The topological polar surface area (TPSA) is 30.5 Å². The summed E-state index contributed by atoms with van der Waals surface area (Å²) in [4.78, 5) is 0. The van der Waals surface area contributed by atoms with Crippen molar-refractivity contribution in [3.8, 4) is 11.5 Å². The lowest BCUT2D eigenvalue weighted by Gasteiger charge is -2.19. The summed E-state index contributed by atoms with van der Waals surface area (Å²) in [5.41, 5.74) is 3.80. The molecule has 0 aliphatic heterocycles. The molecule has 0 aliphatic rings. The zero-order valence-corrected chi connectivity index (χ0v) is 14.8. The van der Waals surface area contributed by atoms with E-state index in [2.05, 4.69) is 56.4 Å². The number of hydrogen-bond acceptors (Lipinski definition) is 3. The van der Waals surface area contributed by atoms with Gasteiger partial charge >= 0.3 is 0 Å². The Hall–Kier alpha value is -2.16. The van der Waals surface area contributed by atoms with Gasteiger partial charge in [-0.05, 0) is 47.7 Å². The van der Waals surface area contributed by atoms with E-state index in [0.29, 0.717) is 6.61 Å². The molecule has 0 saturated carbocycles. The van der Waals surface area contributed by atoms with E-state index in [4.69, 9.17) is 9.47 Å². The molecule has 0 atom stereocenters. The van der Waals surface area contributed by atoms with Gasteiger partial charge in [0.15, 0.2) is 11.5 Å². The molecule has 0 aromatic heterocycles. The highest BCUT2D eigenvalue weighted by molar-refractivity contribution is 5.48. The van der Waals surface area contributed by atoms with E-state index in [1.165, 1.54) is 5.56 Å². The molecule has 0 unspecified atom stereocenters. The Kier molecular flexibility index (Phi) is 5.54. The van der Waals surface area contributed by atoms with Crippen LogP contribution in [0.25, 0.3) is 0 Å². The molecule has 3 nitrogen and oxygen atoms in total. The van der Waals surface area contributed by atoms with Crippen LogP contribution in [0.1, 0.15) is 38.8 Å². The molecule has 0 spiro atoms. The normalized spacial score (nSPS) is 11.2. The van der Waals surface area contributed by atoms with Crippen molar-refractivity contribution in [1.82, 2.24) is 0 Å². The summed E-state index contributed by atoms with van der Waals surface area (Å²) >= 11 is 0. The molecule has 2 aromatic carbocycles. The van der Waals surface area contributed by atoms with Gasteiger partial charge in [0.2, 0.25) is 0 Å². The number of benzene rings is 2. The van der Waals surface area contributed by atoms with Gasteiger partial charge in [0, 0.05) is 12.2 Å². The van der Waals surface area contributed by atoms with Crippen molar-refractivity contribution in [2.75, 3.05) is 19.0 Å². The molecule has 124 valence electrons. The van der Waals surface area contributed by atoms with Crippen LogP contribution in [0, 0.1) is 0 Å². The van der Waals surface area contributed by atoms with E-state index in [1.807, 2.05) is 19.1 Å². The minimum absolute atomic E-state index is 0.181. The van der Waals surface area contributed by atoms with E-state index in [-0.39, 0.29) is 5.41 Å². The van der Waals surface area contributed by atoms with Gasteiger partial charge < -0.3 is 14.8 Å². The van der Waals surface area contributed by atoms with Crippen LogP contribution in [0.4, 0.5) is 5.69 Å². The van der Waals surface area contributed by atoms with Gasteiger partial charge in [0.25, 0.3) is 0 Å². The van der Waals surface area contributed by atoms with E-state index in [0.717, 1.165) is 29.3 Å². The van der Waals surface area contributed by atoms with Crippen molar-refractivity contribution in [3.63, 3.8) is 0 Å². The SMILES string of the molecule is CCOc1cc(CNc2ccc(C(C)(C)C)cc2)ccc1OC. The molecular formula is C20H27NO2. The van der Waals surface area contributed by atoms with Crippen molar-refractivity contribution >= 4 is 5.69 Å². The predicted octanol–water partition coefficient (Wildman–Crippen LogP) is 5.00. The van der Waals surface area contributed by atoms with Crippen molar-refractivity contribution in [2.24, 2.45) is 0 Å². The molecule has 0 aliphatic carbocycles. The fraction of sp³-hybridized carbons (Fsp3) is 0.400. The second-order valence-electron chi connectivity index (χ2n) is 6.60. The first kappa shape index (κ1) is 17.2. The van der Waals surface area contributed by atoms with Crippen molar-refractivity contribution in [3.05, 3.63) is 53.6 Å². The van der Waals surface area contributed by atoms with Gasteiger partial charge in [-0.2, -0.15) is 0 Å². The summed E-state index contributed by atoms with van der Waals surface area (Å²) in [6, 6.07) is 14.7. The van der Waals surface area contributed by atoms with Crippen LogP contribution in [-0.4, -0.2) is 13.7 Å². The highest BCUT2D eigenvalue weighted by atomic mass is 16.5. The molecule has 2 aromatic rings. The quantitative estimate of drug-likeness (QED) is 0.813. The largest absolute Gasteiger partial charge is 0.493 e. The number of nitrogens with one attached hydrogen (secondary N) is 1. The summed E-state index contributed by atoms with van der Waals surface area (Å²) < 4.78 is 10.9. The minimum Gasteiger partial charge on any atom is -0.493 e. The standard InChI is InChI=1S/C20H27NO2/c1-6-23-19-13-15(7-12-18(19)22-5)14-21-17-10-8-16(9-11-17)20(2,3)4/h7-13,21H,6,14H2,1-5H3. The first-order valence-corrected chi connectivity index (χ1v) is 8.08. The fourth-order valence-corrected chi connectivity index (χ4v) is 2.39. The maximum atomic E-state index is 5.62. The maximum Gasteiger partial charge on any atom is 0.161 e. The van der Waals surface area contributed by atoms with Crippen LogP contribution in [0.3, 0.4) is 0 Å². The van der Waals surface area contributed by atoms with E-state index in [1.54, 1.807) is 7.11 Å². The lowest BCUT2D eigenvalue weighted by molar-refractivity contribution is 0.310. The van der Waals surface area contributed by atoms with E-state index >= 15 is 0 Å². The maximum absolute atomic E-state index is 5.62. The third-order valence-corrected chi connectivity index (χ3v) is 3.78. The number of methoxy groups -OCH3 is 1. The smallest absolute Gasteiger partial charge is 0.161 e. The lowest BCUT2D eigenvalue weighted by atomic mass is 9.87. The van der Waals surface area contributed by atoms with Crippen molar-refractivity contribution in [1.29, 1.82) is 0 Å². The molecule has 0 bridgehead atoms. The molecule has 3 heteroatoms. The number of hydrogen-bond donors (Lipinski definition) is 1. The third kappa shape index (κ3) is 4.65. The first-order valence-electron chi connectivity index (χ1n) is 8.08. The van der Waals surface area contributed by atoms with E-state index < -0.39 is 0 Å². The summed E-state index contributed by atoms with van der Waals surface area (Å²) in [5.74, 6) is 1.56. The molecule has 0 fully saturated rings. The Morgan fingerprint density at radius 1 is 0.957 bits per heavy atom. The number of anilines is 1. The first-order chi connectivity index (χ1) is 10.9. The third-order valence-electron chi connectivity index (χ3n) is 3.78. The number of ether oxygens (including phenoxy) is 2. The van der Waals surface area contributed by atoms with Gasteiger partial charge in [-0.1, -0.05) is 39.0 Å². The molecule has 0 saturated heterocycles. The van der Waals surface area contributed by atoms with Gasteiger partial charge in [-0.15, -0.1) is 0 Å². The molecule has 1 N–H and O–H groups in total. The zero-order chi connectivity index (χ0) is 16.9. The monoisotopic (exact) mass is 313 g/mol. The van der Waals surface area contributed by atoms with Gasteiger partial charge in [0.1, 0.15) is 0 Å². The molecule has 2 rings (SSSR count). The van der Waals surface area contributed by atoms with Crippen LogP contribution < -0.4 is 14.8 Å². The summed E-state index contributed by atoms with van der Waals surface area (Å²) in [6.07, 6.45) is 0. The van der Waals surface area contributed by atoms with Crippen LogP contribution in [0.5, 0.6) is 11.5 Å². The van der Waals surface area contributed by atoms with Crippen molar-refractivity contribution < 1.29 is 9.47 Å². The second kappa shape index (κ2) is 7.40. The molecule has 0 amide bonds. The molecule has 0 heterocycles. The fourth-order valence-electron chi connectivity index (χ4n) is 2.39. The summed E-state index contributed by atoms with van der Waals surface area (Å²) in [6.45, 7) is 10.0. The average Bonchev–Trinajstić information content (AvgIpc) is 2.53. The van der Waals surface area contributed by atoms with Gasteiger partial charge in [-0.3, -0.25) is 0 Å². The highest BCUT2D eigenvalue weighted by Gasteiger charge is 2.12. The second-order valence-corrected chi connectivity index (χ2v) is 6.60. The summed E-state index contributed by atoms with van der Waals surface area (Å²) in [5, 5.41) is 3.45. The van der Waals surface area contributed by atoms with Gasteiger partial charge in [0.05, 0.1) is 13.7 Å². The van der Waals surface area contributed by atoms with E-state index in [9.17, 15) is 0 Å². The minimum atomic E-state index is 0.181. The van der Waals surface area contributed by atoms with Crippen LogP contribution in [0.2, 0.25) is 0 Å². The van der Waals surface area contributed by atoms with Crippen LogP contribution in [-0.2, 0) is 12.0 Å². The number of rotatable bonds is 6. The predicted molar refractivity (Wildman–Crippen MR) is 96.6 cm³/mol. The Labute approximate surface area is 139 Å². The lowest BCUT2D eigenvalue weighted by Crippen LogP contribution is -2.10. The summed E-state index contributed by atoms with van der Waals surface area (Å²) in [7, 11) is 1.66. The molecular weight excluding hydrogens is 286 g/mol. The van der Waals surface area contributed by atoms with Crippen LogP contribution in [0.15, 0.2) is 42.5 Å². The van der Waals surface area contributed by atoms with Gasteiger partial charge in [-0.25, -0.2) is 0 Å². The van der Waals surface area contributed by atoms with Crippen LogP contribution >= 0.6 is 0 Å². The Morgan fingerprint density at radius 2 is 1.65 bits per heavy atom. The highest BCUT2D eigenvalue weighted by Crippen LogP contribution is 2.28. The molecule has 23 heavy (non-hydrogen) atoms. The average molecular weight is 313 g/mol. The Bertz CT molecular complexity index is 627. The molecule has 0 radical (unpaired) electrons. The van der Waals surface area contributed by atoms with Crippen molar-refractivity contribution in [2.45, 2.75) is 39.7 Å².